The van der Waals surface area contributed by atoms with E-state index in [2.05, 4.69) is 0 Å². The van der Waals surface area contributed by atoms with Gasteiger partial charge in [0.25, 0.3) is 11.6 Å². The molecular weight excluding hydrogens is 334 g/mol. The quantitative estimate of drug-likeness (QED) is 0.623. The van der Waals surface area contributed by atoms with Crippen molar-refractivity contribution in [3.05, 3.63) is 63.7 Å². The number of nitrogens with zero attached hydrogens (tertiary/aromatic N) is 3. The van der Waals surface area contributed by atoms with Gasteiger partial charge in [-0.1, -0.05) is 18.2 Å². The average Bonchev–Trinajstić information content (AvgIpc) is 2.67. The molecule has 0 unspecified atom stereocenters. The van der Waals surface area contributed by atoms with Gasteiger partial charge in [0.05, 0.1) is 18.1 Å². The second kappa shape index (κ2) is 7.43. The first kappa shape index (κ1) is 17.7. The van der Waals surface area contributed by atoms with Crippen LogP contribution in [0.3, 0.4) is 0 Å². The molecule has 0 atom stereocenters. The van der Waals surface area contributed by atoms with Crippen LogP contribution in [0.1, 0.15) is 15.9 Å². The fourth-order valence-corrected chi connectivity index (χ4v) is 3.18. The van der Waals surface area contributed by atoms with E-state index >= 15 is 0 Å². The van der Waals surface area contributed by atoms with Crippen LogP contribution in [0.15, 0.2) is 42.5 Å². The Labute approximate surface area is 151 Å². The molecule has 0 N–H and O–H groups in total. The molecule has 2 aromatic rings. The van der Waals surface area contributed by atoms with Crippen LogP contribution in [-0.4, -0.2) is 49.0 Å². The van der Waals surface area contributed by atoms with Crippen molar-refractivity contribution in [3.8, 4) is 5.75 Å². The van der Waals surface area contributed by atoms with Gasteiger partial charge in [-0.05, 0) is 30.7 Å². The number of methoxy groups -OCH3 is 1. The first-order chi connectivity index (χ1) is 12.5. The Morgan fingerprint density at radius 2 is 1.81 bits per heavy atom. The largest absolute Gasteiger partial charge is 0.496 e. The number of carbonyl (C=O) groups is 1. The summed E-state index contributed by atoms with van der Waals surface area (Å²) in [6.07, 6.45) is 0. The van der Waals surface area contributed by atoms with Crippen LogP contribution in [0, 0.1) is 17.0 Å². The number of hydrogen-bond acceptors (Lipinski definition) is 5. The van der Waals surface area contributed by atoms with Crippen molar-refractivity contribution in [1.29, 1.82) is 0 Å². The molecule has 26 heavy (non-hydrogen) atoms. The van der Waals surface area contributed by atoms with Crippen LogP contribution in [-0.2, 0) is 0 Å². The molecule has 1 aliphatic rings. The van der Waals surface area contributed by atoms with Gasteiger partial charge in [-0.2, -0.15) is 0 Å². The molecule has 1 heterocycles. The lowest BCUT2D eigenvalue weighted by molar-refractivity contribution is -0.384. The third kappa shape index (κ3) is 3.46. The fraction of sp³-hybridized carbons (Fsp3) is 0.316. The van der Waals surface area contributed by atoms with Crippen molar-refractivity contribution in [3.63, 3.8) is 0 Å². The molecule has 0 bridgehead atoms. The van der Waals surface area contributed by atoms with Gasteiger partial charge >= 0.3 is 0 Å². The number of carbonyl (C=O) groups excluding carboxylic acids is 1. The smallest absolute Gasteiger partial charge is 0.296 e. The molecule has 2 aromatic carbocycles. The van der Waals surface area contributed by atoms with Gasteiger partial charge in [0.15, 0.2) is 0 Å². The summed E-state index contributed by atoms with van der Waals surface area (Å²) in [7, 11) is 1.48. The molecule has 0 radical (unpaired) electrons. The van der Waals surface area contributed by atoms with Crippen LogP contribution < -0.4 is 9.64 Å². The van der Waals surface area contributed by atoms with E-state index in [4.69, 9.17) is 4.74 Å². The molecule has 0 saturated carbocycles. The third-order valence-corrected chi connectivity index (χ3v) is 4.66. The number of ether oxygens (including phenoxy) is 1. The van der Waals surface area contributed by atoms with Crippen molar-refractivity contribution < 1.29 is 14.5 Å². The Bertz CT molecular complexity index is 829. The van der Waals surface area contributed by atoms with Gasteiger partial charge in [0.1, 0.15) is 11.4 Å². The monoisotopic (exact) mass is 355 g/mol. The number of piperazine rings is 1. The van der Waals surface area contributed by atoms with Crippen LogP contribution in [0.5, 0.6) is 5.75 Å². The highest BCUT2D eigenvalue weighted by Crippen LogP contribution is 2.32. The number of anilines is 1. The summed E-state index contributed by atoms with van der Waals surface area (Å²) in [5.41, 5.74) is 2.23. The molecule has 1 fully saturated rings. The highest BCUT2D eigenvalue weighted by Gasteiger charge is 2.27. The van der Waals surface area contributed by atoms with E-state index in [1.165, 1.54) is 13.2 Å². The van der Waals surface area contributed by atoms with Gasteiger partial charge in [0.2, 0.25) is 0 Å². The van der Waals surface area contributed by atoms with Gasteiger partial charge in [-0.3, -0.25) is 14.9 Å². The number of rotatable bonds is 4. The topological polar surface area (TPSA) is 75.9 Å². The first-order valence-electron chi connectivity index (χ1n) is 8.43. The lowest BCUT2D eigenvalue weighted by Gasteiger charge is -2.36. The van der Waals surface area contributed by atoms with Crippen LogP contribution in [0.25, 0.3) is 0 Å². The molecule has 1 aliphatic heterocycles. The molecule has 3 rings (SSSR count). The van der Waals surface area contributed by atoms with E-state index in [-0.39, 0.29) is 11.6 Å². The maximum atomic E-state index is 12.7. The summed E-state index contributed by atoms with van der Waals surface area (Å²) in [4.78, 5) is 27.4. The lowest BCUT2D eigenvalue weighted by atomic mass is 10.1. The maximum Gasteiger partial charge on any atom is 0.296 e. The van der Waals surface area contributed by atoms with E-state index < -0.39 is 4.92 Å². The zero-order valence-electron chi connectivity index (χ0n) is 14.8. The zero-order valence-corrected chi connectivity index (χ0v) is 14.8. The Kier molecular flexibility index (Phi) is 5.06. The van der Waals surface area contributed by atoms with Crippen molar-refractivity contribution in [1.82, 2.24) is 4.90 Å². The Hall–Kier alpha value is -3.09. The van der Waals surface area contributed by atoms with E-state index in [9.17, 15) is 14.9 Å². The van der Waals surface area contributed by atoms with Gasteiger partial charge in [0, 0.05) is 31.7 Å². The van der Waals surface area contributed by atoms with Crippen LogP contribution in [0.2, 0.25) is 0 Å². The summed E-state index contributed by atoms with van der Waals surface area (Å²) in [6.45, 7) is 4.06. The summed E-state index contributed by atoms with van der Waals surface area (Å²) >= 11 is 0. The highest BCUT2D eigenvalue weighted by molar-refractivity contribution is 5.95. The highest BCUT2D eigenvalue weighted by atomic mass is 16.6. The number of aryl methyl sites for hydroxylation is 1. The predicted molar refractivity (Wildman–Crippen MR) is 98.9 cm³/mol. The standard InChI is InChI=1S/C19H21N3O4/c1-14-5-3-4-6-16(14)19(23)21-11-9-20(10-12-21)17-8-7-15(26-2)13-18(17)22(24)25/h3-8,13H,9-12H2,1-2H3. The molecule has 0 aromatic heterocycles. The van der Waals surface area contributed by atoms with Crippen molar-refractivity contribution >= 4 is 17.3 Å². The minimum absolute atomic E-state index is 0.00646. The van der Waals surface area contributed by atoms with Crippen molar-refractivity contribution in [2.45, 2.75) is 6.92 Å². The number of nitro groups is 1. The SMILES string of the molecule is COc1ccc(N2CCN(C(=O)c3ccccc3C)CC2)c([N+](=O)[O-])c1. The number of benzene rings is 2. The number of nitro benzene ring substituents is 1. The molecule has 1 amide bonds. The van der Waals surface area contributed by atoms with Gasteiger partial charge in [-0.25, -0.2) is 0 Å². The summed E-state index contributed by atoms with van der Waals surface area (Å²) < 4.78 is 5.08. The van der Waals surface area contributed by atoms with Crippen molar-refractivity contribution in [2.75, 3.05) is 38.2 Å². The molecule has 7 heteroatoms. The van der Waals surface area contributed by atoms with E-state index in [1.54, 1.807) is 17.0 Å². The average molecular weight is 355 g/mol. The summed E-state index contributed by atoms with van der Waals surface area (Å²) in [5.74, 6) is 0.459. The maximum absolute atomic E-state index is 12.7. The normalized spacial score (nSPS) is 14.2. The lowest BCUT2D eigenvalue weighted by Crippen LogP contribution is -2.49. The van der Waals surface area contributed by atoms with E-state index in [1.807, 2.05) is 36.1 Å². The molecule has 136 valence electrons. The molecule has 7 nitrogen and oxygen atoms in total. The van der Waals surface area contributed by atoms with E-state index in [0.717, 1.165) is 5.56 Å². The van der Waals surface area contributed by atoms with Gasteiger partial charge in [-0.15, -0.1) is 0 Å². The Morgan fingerprint density at radius 1 is 1.12 bits per heavy atom. The zero-order chi connectivity index (χ0) is 18.7. The third-order valence-electron chi connectivity index (χ3n) is 4.66. The first-order valence-corrected chi connectivity index (χ1v) is 8.43. The predicted octanol–water partition coefficient (Wildman–Crippen LogP) is 2.87. The number of hydrogen-bond donors (Lipinski definition) is 0. The second-order valence-corrected chi connectivity index (χ2v) is 6.21. The molecule has 0 spiro atoms. The van der Waals surface area contributed by atoms with Crippen molar-refractivity contribution in [2.24, 2.45) is 0 Å². The molecular formula is C19H21N3O4. The molecule has 0 aliphatic carbocycles. The van der Waals surface area contributed by atoms with Gasteiger partial charge < -0.3 is 14.5 Å². The van der Waals surface area contributed by atoms with E-state index in [0.29, 0.717) is 43.2 Å². The fourth-order valence-electron chi connectivity index (χ4n) is 3.18. The Balaban J connectivity index is 1.74. The Morgan fingerprint density at radius 3 is 2.42 bits per heavy atom. The molecule has 1 saturated heterocycles. The summed E-state index contributed by atoms with van der Waals surface area (Å²) in [6, 6.07) is 12.4. The minimum Gasteiger partial charge on any atom is -0.496 e. The second-order valence-electron chi connectivity index (χ2n) is 6.21. The minimum atomic E-state index is -0.400. The number of amides is 1. The van der Waals surface area contributed by atoms with Crippen LogP contribution >= 0.6 is 0 Å². The summed E-state index contributed by atoms with van der Waals surface area (Å²) in [5, 5.41) is 11.4. The van der Waals surface area contributed by atoms with Crippen LogP contribution in [0.4, 0.5) is 11.4 Å².